The van der Waals surface area contributed by atoms with E-state index in [1.54, 1.807) is 30.3 Å². The molecule has 0 unspecified atom stereocenters. The second-order valence-electron chi connectivity index (χ2n) is 7.28. The molecule has 4 rings (SSSR count). The molecule has 3 amide bonds. The first-order valence-electron chi connectivity index (χ1n) is 10.0. The smallest absolute Gasteiger partial charge is 0.337 e. The number of hydrogen-bond donors (Lipinski definition) is 1. The Labute approximate surface area is 193 Å². The highest BCUT2D eigenvalue weighted by Gasteiger charge is 2.37. The van der Waals surface area contributed by atoms with Crippen LogP contribution in [0.25, 0.3) is 0 Å². The molecule has 1 aliphatic heterocycles. The minimum atomic E-state index is -0.755. The lowest BCUT2D eigenvalue weighted by molar-refractivity contribution is 0.0597. The monoisotopic (exact) mass is 458 g/mol. The van der Waals surface area contributed by atoms with Gasteiger partial charge in [-0.05, 0) is 48.5 Å². The number of esters is 2. The molecule has 0 fully saturated rings. The van der Waals surface area contributed by atoms with Crippen LogP contribution in [0.15, 0.2) is 66.7 Å². The molecule has 0 atom stereocenters. The number of imide groups is 1. The normalized spacial score (nSPS) is 12.2. The van der Waals surface area contributed by atoms with Crippen molar-refractivity contribution in [2.45, 2.75) is 0 Å². The molecule has 1 N–H and O–H groups in total. The fourth-order valence-corrected chi connectivity index (χ4v) is 3.56. The van der Waals surface area contributed by atoms with E-state index >= 15 is 0 Å². The lowest BCUT2D eigenvalue weighted by Gasteiger charge is -2.16. The molecule has 9 heteroatoms. The predicted octanol–water partition coefficient (Wildman–Crippen LogP) is 3.31. The second kappa shape index (κ2) is 8.99. The van der Waals surface area contributed by atoms with Crippen LogP contribution in [0.3, 0.4) is 0 Å². The molecule has 1 aliphatic rings. The van der Waals surface area contributed by atoms with E-state index in [9.17, 15) is 24.0 Å². The molecular formula is C25H18N2O7. The zero-order valence-corrected chi connectivity index (χ0v) is 18.2. The fourth-order valence-electron chi connectivity index (χ4n) is 3.56. The fraction of sp³-hybridized carbons (Fsp3) is 0.0800. The molecule has 0 aliphatic carbocycles. The van der Waals surface area contributed by atoms with Crippen molar-refractivity contribution < 1.29 is 33.4 Å². The minimum absolute atomic E-state index is 0.00405. The second-order valence-corrected chi connectivity index (χ2v) is 7.28. The van der Waals surface area contributed by atoms with Crippen molar-refractivity contribution in [3.05, 3.63) is 94.5 Å². The maximum Gasteiger partial charge on any atom is 0.337 e. The largest absolute Gasteiger partial charge is 0.465 e. The zero-order chi connectivity index (χ0) is 24.4. The summed E-state index contributed by atoms with van der Waals surface area (Å²) in [5.74, 6) is -3.20. The van der Waals surface area contributed by atoms with Gasteiger partial charge in [-0.3, -0.25) is 14.4 Å². The number of fused-ring (bicyclic) bond motifs is 1. The molecule has 170 valence electrons. The number of nitrogens with zero attached hydrogens (tertiary/aromatic N) is 1. The number of anilines is 2. The van der Waals surface area contributed by atoms with Crippen LogP contribution in [0.5, 0.6) is 0 Å². The Morgan fingerprint density at radius 3 is 1.88 bits per heavy atom. The van der Waals surface area contributed by atoms with Crippen molar-refractivity contribution in [1.29, 1.82) is 0 Å². The van der Waals surface area contributed by atoms with Gasteiger partial charge in [0.05, 0.1) is 42.2 Å². The third-order valence-corrected chi connectivity index (χ3v) is 5.20. The molecule has 34 heavy (non-hydrogen) atoms. The van der Waals surface area contributed by atoms with Gasteiger partial charge in [-0.1, -0.05) is 18.2 Å². The van der Waals surface area contributed by atoms with Crippen LogP contribution in [-0.2, 0) is 9.47 Å². The summed E-state index contributed by atoms with van der Waals surface area (Å²) in [5.41, 5.74) is 0.880. The standard InChI is InChI=1S/C25H18N2O7/c1-33-24(31)15-10-16(25(32)34-2)12-18(11-15)27-22(29)19-9-8-17(13-20(19)23(27)30)26-21(28)14-6-4-3-5-7-14/h3-13H,1-2H3,(H,26,28). The van der Waals surface area contributed by atoms with E-state index < -0.39 is 23.8 Å². The van der Waals surface area contributed by atoms with E-state index in [4.69, 9.17) is 9.47 Å². The maximum atomic E-state index is 13.2. The van der Waals surface area contributed by atoms with E-state index in [1.807, 2.05) is 0 Å². The van der Waals surface area contributed by atoms with Crippen molar-refractivity contribution in [2.75, 3.05) is 24.4 Å². The van der Waals surface area contributed by atoms with E-state index in [2.05, 4.69) is 5.32 Å². The van der Waals surface area contributed by atoms with Gasteiger partial charge in [-0.15, -0.1) is 0 Å². The van der Waals surface area contributed by atoms with Gasteiger partial charge in [0.2, 0.25) is 0 Å². The topological polar surface area (TPSA) is 119 Å². The summed E-state index contributed by atoms with van der Waals surface area (Å²) in [7, 11) is 2.33. The molecule has 3 aromatic carbocycles. The summed E-state index contributed by atoms with van der Waals surface area (Å²) in [4.78, 5) is 63.7. The van der Waals surface area contributed by atoms with Gasteiger partial charge in [0, 0.05) is 11.3 Å². The summed E-state index contributed by atoms with van der Waals surface area (Å²) >= 11 is 0. The highest BCUT2D eigenvalue weighted by atomic mass is 16.5. The van der Waals surface area contributed by atoms with Crippen molar-refractivity contribution in [2.24, 2.45) is 0 Å². The molecule has 0 saturated carbocycles. The third kappa shape index (κ3) is 4.02. The van der Waals surface area contributed by atoms with Gasteiger partial charge < -0.3 is 14.8 Å². The Morgan fingerprint density at radius 2 is 1.29 bits per heavy atom. The maximum absolute atomic E-state index is 13.2. The summed E-state index contributed by atoms with van der Waals surface area (Å²) in [6.45, 7) is 0. The Hall–Kier alpha value is -4.79. The number of carbonyl (C=O) groups is 5. The van der Waals surface area contributed by atoms with Crippen molar-refractivity contribution in [3.63, 3.8) is 0 Å². The molecule has 0 aromatic heterocycles. The molecule has 0 radical (unpaired) electrons. The van der Waals surface area contributed by atoms with Gasteiger partial charge in [0.1, 0.15) is 0 Å². The number of rotatable bonds is 5. The quantitative estimate of drug-likeness (QED) is 0.460. The Bertz CT molecular complexity index is 1310. The van der Waals surface area contributed by atoms with Crippen LogP contribution in [0.4, 0.5) is 11.4 Å². The van der Waals surface area contributed by atoms with Crippen LogP contribution in [-0.4, -0.2) is 43.9 Å². The summed E-state index contributed by atoms with van der Waals surface area (Å²) in [5, 5.41) is 2.70. The molecule has 9 nitrogen and oxygen atoms in total. The highest BCUT2D eigenvalue weighted by Crippen LogP contribution is 2.32. The minimum Gasteiger partial charge on any atom is -0.465 e. The lowest BCUT2D eigenvalue weighted by atomic mass is 10.1. The number of amides is 3. The van der Waals surface area contributed by atoms with Gasteiger partial charge >= 0.3 is 11.9 Å². The van der Waals surface area contributed by atoms with Gasteiger partial charge in [-0.2, -0.15) is 0 Å². The number of methoxy groups -OCH3 is 2. The van der Waals surface area contributed by atoms with Crippen molar-refractivity contribution in [1.82, 2.24) is 0 Å². The first kappa shape index (κ1) is 22.4. The van der Waals surface area contributed by atoms with Gasteiger partial charge in [0.25, 0.3) is 17.7 Å². The molecular weight excluding hydrogens is 440 g/mol. The Balaban J connectivity index is 1.69. The predicted molar refractivity (Wildman–Crippen MR) is 121 cm³/mol. The van der Waals surface area contributed by atoms with Crippen molar-refractivity contribution in [3.8, 4) is 0 Å². The Morgan fingerprint density at radius 1 is 0.706 bits per heavy atom. The van der Waals surface area contributed by atoms with Crippen LogP contribution >= 0.6 is 0 Å². The van der Waals surface area contributed by atoms with Gasteiger partial charge in [0.15, 0.2) is 0 Å². The van der Waals surface area contributed by atoms with E-state index in [0.717, 1.165) is 4.90 Å². The van der Waals surface area contributed by atoms with E-state index in [-0.39, 0.29) is 33.8 Å². The number of nitrogens with one attached hydrogen (secondary N) is 1. The average molecular weight is 458 g/mol. The SMILES string of the molecule is COC(=O)c1cc(C(=O)OC)cc(N2C(=O)c3ccc(NC(=O)c4ccccc4)cc3C2=O)c1. The number of benzene rings is 3. The molecule has 0 bridgehead atoms. The van der Waals surface area contributed by atoms with Crippen LogP contribution in [0.1, 0.15) is 51.8 Å². The molecule has 3 aromatic rings. The Kier molecular flexibility index (Phi) is 5.92. The summed E-state index contributed by atoms with van der Waals surface area (Å²) in [6.07, 6.45) is 0. The highest BCUT2D eigenvalue weighted by molar-refractivity contribution is 6.35. The number of hydrogen-bond acceptors (Lipinski definition) is 7. The van der Waals surface area contributed by atoms with E-state index in [0.29, 0.717) is 11.3 Å². The first-order chi connectivity index (χ1) is 16.3. The summed E-state index contributed by atoms with van der Waals surface area (Å²) < 4.78 is 9.41. The van der Waals surface area contributed by atoms with Gasteiger partial charge in [-0.25, -0.2) is 14.5 Å². The van der Waals surface area contributed by atoms with Crippen LogP contribution in [0.2, 0.25) is 0 Å². The van der Waals surface area contributed by atoms with E-state index in [1.165, 1.54) is 50.6 Å². The average Bonchev–Trinajstić information content (AvgIpc) is 3.12. The molecule has 0 spiro atoms. The number of ether oxygens (including phenoxy) is 2. The lowest BCUT2D eigenvalue weighted by Crippen LogP contribution is -2.30. The first-order valence-corrected chi connectivity index (χ1v) is 10.0. The third-order valence-electron chi connectivity index (χ3n) is 5.20. The molecule has 1 heterocycles. The summed E-state index contributed by atoms with van der Waals surface area (Å²) in [6, 6.07) is 16.7. The molecule has 0 saturated heterocycles. The zero-order valence-electron chi connectivity index (χ0n) is 18.2. The van der Waals surface area contributed by atoms with Crippen molar-refractivity contribution >= 4 is 41.0 Å². The van der Waals surface area contributed by atoms with Crippen LogP contribution < -0.4 is 10.2 Å². The van der Waals surface area contributed by atoms with Crippen LogP contribution in [0, 0.1) is 0 Å². The number of carbonyl (C=O) groups excluding carboxylic acids is 5.